The topological polar surface area (TPSA) is 76.4 Å². The minimum atomic E-state index is -0.243. The van der Waals surface area contributed by atoms with Crippen LogP contribution in [0.15, 0.2) is 24.3 Å². The van der Waals surface area contributed by atoms with Crippen molar-refractivity contribution in [2.45, 2.75) is 19.4 Å². The molecule has 5 heteroatoms. The first kappa shape index (κ1) is 13.3. The van der Waals surface area contributed by atoms with Crippen LogP contribution < -0.4 is 21.1 Å². The van der Waals surface area contributed by atoms with Crippen LogP contribution in [0.1, 0.15) is 13.3 Å². The summed E-state index contributed by atoms with van der Waals surface area (Å²) < 4.78 is 5.03. The molecule has 1 aromatic carbocycles. The molecule has 0 saturated carbocycles. The Bertz CT molecular complexity index is 347. The van der Waals surface area contributed by atoms with E-state index in [2.05, 4.69) is 10.6 Å². The van der Waals surface area contributed by atoms with Crippen LogP contribution in [0.3, 0.4) is 0 Å². The number of nitrogens with two attached hydrogens (primary N) is 1. The Labute approximate surface area is 101 Å². The number of hydrogen-bond donors (Lipinski definition) is 3. The van der Waals surface area contributed by atoms with Crippen LogP contribution in [-0.4, -0.2) is 25.7 Å². The predicted octanol–water partition coefficient (Wildman–Crippen LogP) is 1.55. The average molecular weight is 237 g/mol. The highest BCUT2D eigenvalue weighted by Crippen LogP contribution is 2.14. The molecule has 17 heavy (non-hydrogen) atoms. The number of amides is 2. The van der Waals surface area contributed by atoms with Crippen LogP contribution in [0.5, 0.6) is 5.75 Å². The van der Waals surface area contributed by atoms with Crippen molar-refractivity contribution in [2.75, 3.05) is 19.0 Å². The molecule has 2 amide bonds. The van der Waals surface area contributed by atoms with Gasteiger partial charge in [0.25, 0.3) is 0 Å². The zero-order valence-electron chi connectivity index (χ0n) is 10.2. The van der Waals surface area contributed by atoms with E-state index in [0.717, 1.165) is 17.9 Å². The Morgan fingerprint density at radius 1 is 1.41 bits per heavy atom. The highest BCUT2D eigenvalue weighted by Gasteiger charge is 2.08. The number of carbonyl (C=O) groups excluding carboxylic acids is 1. The Morgan fingerprint density at radius 3 is 2.53 bits per heavy atom. The minimum Gasteiger partial charge on any atom is -0.497 e. The van der Waals surface area contributed by atoms with Gasteiger partial charge in [0, 0.05) is 18.3 Å². The third kappa shape index (κ3) is 4.32. The number of ether oxygens (including phenoxy) is 1. The maximum absolute atomic E-state index is 11.6. The van der Waals surface area contributed by atoms with E-state index in [0.29, 0.717) is 6.54 Å². The largest absolute Gasteiger partial charge is 0.497 e. The third-order valence-corrected chi connectivity index (χ3v) is 2.46. The highest BCUT2D eigenvalue weighted by atomic mass is 16.5. The van der Waals surface area contributed by atoms with Crippen LogP contribution in [-0.2, 0) is 0 Å². The molecule has 1 atom stereocenters. The van der Waals surface area contributed by atoms with Gasteiger partial charge in [0.05, 0.1) is 7.11 Å². The fraction of sp³-hybridized carbons (Fsp3) is 0.417. The van der Waals surface area contributed by atoms with Gasteiger partial charge in [-0.1, -0.05) is 6.92 Å². The first-order chi connectivity index (χ1) is 8.19. The van der Waals surface area contributed by atoms with Crippen molar-refractivity contribution in [3.63, 3.8) is 0 Å². The van der Waals surface area contributed by atoms with Gasteiger partial charge in [-0.2, -0.15) is 0 Å². The standard InChI is InChI=1S/C12H19N3O2/c1-3-9(8-13)14-12(16)15-10-4-6-11(17-2)7-5-10/h4-7,9H,3,8,13H2,1-2H3,(H2,14,15,16). The monoisotopic (exact) mass is 237 g/mol. The number of anilines is 1. The Balaban J connectivity index is 2.49. The van der Waals surface area contributed by atoms with Gasteiger partial charge in [-0.15, -0.1) is 0 Å². The van der Waals surface area contributed by atoms with Crippen molar-refractivity contribution in [3.8, 4) is 5.75 Å². The molecular weight excluding hydrogens is 218 g/mol. The molecule has 0 bridgehead atoms. The molecule has 0 aliphatic rings. The normalized spacial score (nSPS) is 11.7. The summed E-state index contributed by atoms with van der Waals surface area (Å²) in [6.07, 6.45) is 0.812. The number of hydrogen-bond acceptors (Lipinski definition) is 3. The zero-order chi connectivity index (χ0) is 12.7. The summed E-state index contributed by atoms with van der Waals surface area (Å²) in [7, 11) is 1.60. The molecule has 1 aromatic rings. The second kappa shape index (κ2) is 6.75. The van der Waals surface area contributed by atoms with Gasteiger partial charge < -0.3 is 21.1 Å². The van der Waals surface area contributed by atoms with Gasteiger partial charge >= 0.3 is 6.03 Å². The minimum absolute atomic E-state index is 0.00764. The zero-order valence-corrected chi connectivity index (χ0v) is 10.2. The van der Waals surface area contributed by atoms with E-state index in [9.17, 15) is 4.79 Å². The highest BCUT2D eigenvalue weighted by molar-refractivity contribution is 5.89. The van der Waals surface area contributed by atoms with Crippen molar-refractivity contribution in [1.29, 1.82) is 0 Å². The quantitative estimate of drug-likeness (QED) is 0.727. The molecule has 0 saturated heterocycles. The van der Waals surface area contributed by atoms with E-state index >= 15 is 0 Å². The number of rotatable bonds is 5. The Hall–Kier alpha value is -1.75. The fourth-order valence-electron chi connectivity index (χ4n) is 1.35. The van der Waals surface area contributed by atoms with Crippen molar-refractivity contribution in [2.24, 2.45) is 5.73 Å². The first-order valence-electron chi connectivity index (χ1n) is 5.61. The third-order valence-electron chi connectivity index (χ3n) is 2.46. The maximum atomic E-state index is 11.6. The summed E-state index contributed by atoms with van der Waals surface area (Å²) in [5.74, 6) is 0.754. The van der Waals surface area contributed by atoms with Crippen molar-refractivity contribution >= 4 is 11.7 Å². The SMILES string of the molecule is CCC(CN)NC(=O)Nc1ccc(OC)cc1. The van der Waals surface area contributed by atoms with E-state index in [-0.39, 0.29) is 12.1 Å². The van der Waals surface area contributed by atoms with Gasteiger partial charge in [-0.25, -0.2) is 4.79 Å². The van der Waals surface area contributed by atoms with E-state index in [1.165, 1.54) is 0 Å². The molecule has 0 heterocycles. The number of nitrogens with one attached hydrogen (secondary N) is 2. The fourth-order valence-corrected chi connectivity index (χ4v) is 1.35. The van der Waals surface area contributed by atoms with E-state index in [1.807, 2.05) is 6.92 Å². The lowest BCUT2D eigenvalue weighted by atomic mass is 10.2. The van der Waals surface area contributed by atoms with Gasteiger partial charge in [-0.05, 0) is 30.7 Å². The molecule has 0 fully saturated rings. The molecule has 0 aliphatic carbocycles. The summed E-state index contributed by atoms with van der Waals surface area (Å²) in [5, 5.41) is 5.52. The molecule has 0 spiro atoms. The molecular formula is C12H19N3O2. The first-order valence-corrected chi connectivity index (χ1v) is 5.61. The van der Waals surface area contributed by atoms with Gasteiger partial charge in [0.1, 0.15) is 5.75 Å². The molecule has 5 nitrogen and oxygen atoms in total. The second-order valence-electron chi connectivity index (χ2n) is 3.67. The maximum Gasteiger partial charge on any atom is 0.319 e. The smallest absolute Gasteiger partial charge is 0.319 e. The van der Waals surface area contributed by atoms with Crippen molar-refractivity contribution in [1.82, 2.24) is 5.32 Å². The average Bonchev–Trinajstić information content (AvgIpc) is 2.37. The van der Waals surface area contributed by atoms with Crippen molar-refractivity contribution < 1.29 is 9.53 Å². The molecule has 0 radical (unpaired) electrons. The number of benzene rings is 1. The lowest BCUT2D eigenvalue weighted by Gasteiger charge is -2.15. The summed E-state index contributed by atoms with van der Waals surface area (Å²) in [4.78, 5) is 11.6. The Morgan fingerprint density at radius 2 is 2.06 bits per heavy atom. The van der Waals surface area contributed by atoms with Gasteiger partial charge in [0.2, 0.25) is 0 Å². The van der Waals surface area contributed by atoms with Crippen molar-refractivity contribution in [3.05, 3.63) is 24.3 Å². The summed E-state index contributed by atoms with van der Waals surface area (Å²) in [6.45, 7) is 2.41. The predicted molar refractivity (Wildman–Crippen MR) is 68.3 cm³/mol. The molecule has 0 aromatic heterocycles. The van der Waals surface area contributed by atoms with E-state index in [4.69, 9.17) is 10.5 Å². The molecule has 0 aliphatic heterocycles. The second-order valence-corrected chi connectivity index (χ2v) is 3.67. The summed E-state index contributed by atoms with van der Waals surface area (Å²) in [6, 6.07) is 6.90. The van der Waals surface area contributed by atoms with Gasteiger partial charge in [0.15, 0.2) is 0 Å². The van der Waals surface area contributed by atoms with Crippen LogP contribution in [0, 0.1) is 0 Å². The van der Waals surface area contributed by atoms with Crippen LogP contribution in [0.25, 0.3) is 0 Å². The van der Waals surface area contributed by atoms with E-state index in [1.54, 1.807) is 31.4 Å². The van der Waals surface area contributed by atoms with Crippen LogP contribution in [0.4, 0.5) is 10.5 Å². The lowest BCUT2D eigenvalue weighted by Crippen LogP contribution is -2.41. The summed E-state index contributed by atoms with van der Waals surface area (Å²) in [5.41, 5.74) is 6.22. The lowest BCUT2D eigenvalue weighted by molar-refractivity contribution is 0.248. The number of carbonyl (C=O) groups is 1. The van der Waals surface area contributed by atoms with Crippen LogP contribution >= 0.6 is 0 Å². The van der Waals surface area contributed by atoms with Gasteiger partial charge in [-0.3, -0.25) is 0 Å². The number of methoxy groups -OCH3 is 1. The Kier molecular flexibility index (Phi) is 5.29. The van der Waals surface area contributed by atoms with Crippen LogP contribution in [0.2, 0.25) is 0 Å². The molecule has 94 valence electrons. The summed E-state index contributed by atoms with van der Waals surface area (Å²) >= 11 is 0. The molecule has 4 N–H and O–H groups in total. The molecule has 1 rings (SSSR count). The number of urea groups is 1. The molecule has 1 unspecified atom stereocenters. The van der Waals surface area contributed by atoms with E-state index < -0.39 is 0 Å².